The summed E-state index contributed by atoms with van der Waals surface area (Å²) in [6.07, 6.45) is 8.70. The van der Waals surface area contributed by atoms with Crippen LogP contribution in [-0.2, 0) is 35.0 Å². The second-order valence-corrected chi connectivity index (χ2v) is 12.5. The van der Waals surface area contributed by atoms with Crippen molar-refractivity contribution >= 4 is 17.8 Å². The number of benzene rings is 1. The quantitative estimate of drug-likeness (QED) is 0.357. The molecule has 0 saturated carbocycles. The van der Waals surface area contributed by atoms with Crippen LogP contribution in [0.4, 0.5) is 0 Å². The van der Waals surface area contributed by atoms with E-state index >= 15 is 0 Å². The number of hydrogen-bond donors (Lipinski definition) is 4. The van der Waals surface area contributed by atoms with Crippen molar-refractivity contribution in [3.05, 3.63) is 66.4 Å². The van der Waals surface area contributed by atoms with E-state index in [0.29, 0.717) is 31.5 Å². The molecule has 3 rings (SSSR count). The summed E-state index contributed by atoms with van der Waals surface area (Å²) in [5, 5.41) is 18.0. The molecule has 0 aromatic heterocycles. The second kappa shape index (κ2) is 17.9. The number of esters is 1. The summed E-state index contributed by atoms with van der Waals surface area (Å²) < 4.78 is 17.1. The van der Waals surface area contributed by atoms with Crippen LogP contribution in [0.1, 0.15) is 52.5 Å². The maximum atomic E-state index is 14.0. The normalized spacial score (nSPS) is 30.8. The predicted molar refractivity (Wildman–Crippen MR) is 176 cm³/mol. The molecule has 1 aromatic carbocycles. The summed E-state index contributed by atoms with van der Waals surface area (Å²) >= 11 is 0. The molecule has 0 aliphatic carbocycles. The minimum absolute atomic E-state index is 0.0645. The van der Waals surface area contributed by atoms with E-state index in [1.165, 1.54) is 5.01 Å². The molecule has 2 aliphatic rings. The van der Waals surface area contributed by atoms with Gasteiger partial charge in [0.2, 0.25) is 5.91 Å². The summed E-state index contributed by atoms with van der Waals surface area (Å²) in [6.45, 7) is 12.6. The average molecular weight is 641 g/mol. The maximum Gasteiger partial charge on any atom is 0.324 e. The van der Waals surface area contributed by atoms with Crippen molar-refractivity contribution in [3.63, 3.8) is 0 Å². The molecule has 46 heavy (non-hydrogen) atoms. The van der Waals surface area contributed by atoms with Crippen LogP contribution in [0.15, 0.2) is 60.8 Å². The van der Waals surface area contributed by atoms with Crippen molar-refractivity contribution in [2.75, 3.05) is 27.4 Å². The molecule has 11 nitrogen and oxygen atoms in total. The van der Waals surface area contributed by atoms with E-state index in [9.17, 15) is 19.5 Å². The van der Waals surface area contributed by atoms with Crippen molar-refractivity contribution < 1.29 is 33.7 Å². The van der Waals surface area contributed by atoms with Crippen LogP contribution in [0.2, 0.25) is 0 Å². The second-order valence-electron chi connectivity index (χ2n) is 12.5. The first-order valence-electron chi connectivity index (χ1n) is 16.1. The van der Waals surface area contributed by atoms with Gasteiger partial charge in [-0.3, -0.25) is 19.4 Å². The van der Waals surface area contributed by atoms with Gasteiger partial charge in [-0.1, -0.05) is 70.7 Å². The standard InChI is InChI=1S/C35H52N4O7/c1-22(2)31-25(5)36-29(21-26-14-12-15-27(40)20-26)34(42)39-18-13-16-28(38-39)35(43)46-19-11-9-8-10-17-30(44-6)23(3)32(45-7)24(4)33(41)37-31/h8-10,12,14-15,17,20,22-24,28-32,36,38,40H,5,11,13,16,18-19,21H2,1-4,6-7H3,(H,37,41)/b9-8+,17-10+/t23-,24+,28-,29-,30-,31-,32+/m0/s1. The van der Waals surface area contributed by atoms with E-state index in [-0.39, 0.29) is 48.5 Å². The summed E-state index contributed by atoms with van der Waals surface area (Å²) in [4.78, 5) is 40.6. The van der Waals surface area contributed by atoms with Gasteiger partial charge >= 0.3 is 5.97 Å². The molecule has 4 N–H and O–H groups in total. The van der Waals surface area contributed by atoms with E-state index in [4.69, 9.17) is 14.2 Å². The van der Waals surface area contributed by atoms with Gasteiger partial charge in [0.15, 0.2) is 0 Å². The van der Waals surface area contributed by atoms with Gasteiger partial charge in [-0.05, 0) is 42.9 Å². The first-order chi connectivity index (χ1) is 22.0. The van der Waals surface area contributed by atoms with Crippen LogP contribution in [-0.4, -0.2) is 85.6 Å². The number of aromatic hydroxyl groups is 1. The highest BCUT2D eigenvalue weighted by molar-refractivity contribution is 5.84. The van der Waals surface area contributed by atoms with Crippen LogP contribution in [0.25, 0.3) is 0 Å². The van der Waals surface area contributed by atoms with Crippen molar-refractivity contribution in [1.29, 1.82) is 0 Å². The van der Waals surface area contributed by atoms with Crippen LogP contribution in [0, 0.1) is 17.8 Å². The Kier molecular flexibility index (Phi) is 14.3. The highest BCUT2D eigenvalue weighted by Gasteiger charge is 2.36. The molecule has 2 bridgehead atoms. The Labute approximate surface area is 273 Å². The number of phenols is 1. The van der Waals surface area contributed by atoms with Gasteiger partial charge in [0.25, 0.3) is 5.91 Å². The number of amides is 2. The summed E-state index contributed by atoms with van der Waals surface area (Å²) in [6, 6.07) is 4.74. The zero-order chi connectivity index (χ0) is 33.8. The molecule has 1 aromatic rings. The summed E-state index contributed by atoms with van der Waals surface area (Å²) in [5.74, 6) is -1.58. The van der Waals surface area contributed by atoms with E-state index in [1.807, 2.05) is 58.1 Å². The third-order valence-electron chi connectivity index (χ3n) is 8.65. The van der Waals surface area contributed by atoms with E-state index in [0.717, 1.165) is 5.56 Å². The van der Waals surface area contributed by atoms with Crippen LogP contribution in [0.5, 0.6) is 5.75 Å². The molecular formula is C35H52N4O7. The molecule has 2 aliphatic heterocycles. The number of rotatable bonds is 5. The lowest BCUT2D eigenvalue weighted by Gasteiger charge is -2.37. The number of hydrazine groups is 1. The van der Waals surface area contributed by atoms with E-state index in [2.05, 4.69) is 22.6 Å². The minimum atomic E-state index is -0.809. The molecule has 0 radical (unpaired) electrons. The van der Waals surface area contributed by atoms with E-state index < -0.39 is 36.1 Å². The highest BCUT2D eigenvalue weighted by atomic mass is 16.5. The Morgan fingerprint density at radius 3 is 2.54 bits per heavy atom. The summed E-state index contributed by atoms with van der Waals surface area (Å²) in [7, 11) is 3.21. The SMILES string of the molecule is C=C1N[C@@H](Cc2cccc(O)c2)C(=O)N2CCC[C@H](N2)C(=O)OCC/C=C/C=C/[C@H](OC)[C@H](C)[C@@H](OC)[C@@H](C)C(=O)N[C@H]1C(C)C. The molecule has 2 heterocycles. The molecule has 0 unspecified atom stereocenters. The Hall–Kier alpha value is -3.67. The smallest absolute Gasteiger partial charge is 0.324 e. The number of allylic oxidation sites excluding steroid dienone is 2. The van der Waals surface area contributed by atoms with Crippen molar-refractivity contribution in [2.24, 2.45) is 17.8 Å². The van der Waals surface area contributed by atoms with Gasteiger partial charge in [-0.15, -0.1) is 0 Å². The van der Waals surface area contributed by atoms with Gasteiger partial charge in [0.05, 0.1) is 30.8 Å². The average Bonchev–Trinajstić information content (AvgIpc) is 3.03. The van der Waals surface area contributed by atoms with Crippen LogP contribution < -0.4 is 16.1 Å². The van der Waals surface area contributed by atoms with E-state index in [1.54, 1.807) is 32.4 Å². The van der Waals surface area contributed by atoms with Gasteiger partial charge < -0.3 is 30.0 Å². The maximum absolute atomic E-state index is 14.0. The first-order valence-corrected chi connectivity index (χ1v) is 16.1. The monoisotopic (exact) mass is 640 g/mol. The molecule has 7 atom stereocenters. The number of carbonyl (C=O) groups excluding carboxylic acids is 3. The molecule has 0 spiro atoms. The van der Waals surface area contributed by atoms with Gasteiger partial charge in [0, 0.05) is 38.8 Å². The molecule has 254 valence electrons. The fourth-order valence-electron chi connectivity index (χ4n) is 6.03. The topological polar surface area (TPSA) is 138 Å². The summed E-state index contributed by atoms with van der Waals surface area (Å²) in [5.41, 5.74) is 4.27. The Balaban J connectivity index is 1.95. The first kappa shape index (κ1) is 36.8. The highest BCUT2D eigenvalue weighted by Crippen LogP contribution is 2.24. The third kappa shape index (κ3) is 10.2. The number of nitrogens with zero attached hydrogens (tertiary/aromatic N) is 1. The number of carbonyl (C=O) groups is 3. The van der Waals surface area contributed by atoms with Crippen molar-refractivity contribution in [1.82, 2.24) is 21.1 Å². The molecule has 1 saturated heterocycles. The number of ether oxygens (including phenoxy) is 3. The van der Waals surface area contributed by atoms with Crippen LogP contribution in [0.3, 0.4) is 0 Å². The largest absolute Gasteiger partial charge is 0.508 e. The van der Waals surface area contributed by atoms with Crippen LogP contribution >= 0.6 is 0 Å². The number of phenolic OH excluding ortho intramolecular Hbond substituents is 1. The Bertz CT molecular complexity index is 1250. The minimum Gasteiger partial charge on any atom is -0.508 e. The van der Waals surface area contributed by atoms with Gasteiger partial charge in [0.1, 0.15) is 17.8 Å². The van der Waals surface area contributed by atoms with Crippen molar-refractivity contribution in [2.45, 2.75) is 83.7 Å². The fourth-order valence-corrected chi connectivity index (χ4v) is 6.03. The lowest BCUT2D eigenvalue weighted by atomic mass is 9.87. The van der Waals surface area contributed by atoms with Gasteiger partial charge in [-0.2, -0.15) is 0 Å². The number of hydrogen-bond acceptors (Lipinski definition) is 9. The number of methoxy groups -OCH3 is 2. The zero-order valence-electron chi connectivity index (χ0n) is 28.0. The lowest BCUT2D eigenvalue weighted by Crippen LogP contribution is -2.60. The number of nitrogens with one attached hydrogen (secondary N) is 3. The Morgan fingerprint density at radius 2 is 1.87 bits per heavy atom. The lowest BCUT2D eigenvalue weighted by molar-refractivity contribution is -0.152. The number of fused-ring (bicyclic) bond motifs is 2. The Morgan fingerprint density at radius 1 is 1.11 bits per heavy atom. The molecule has 1 fully saturated rings. The molecular weight excluding hydrogens is 588 g/mol. The van der Waals surface area contributed by atoms with Crippen molar-refractivity contribution in [3.8, 4) is 5.75 Å². The molecule has 2 amide bonds. The molecule has 11 heteroatoms. The third-order valence-corrected chi connectivity index (χ3v) is 8.65. The predicted octanol–water partition coefficient (Wildman–Crippen LogP) is 3.40. The fraction of sp³-hybridized carbons (Fsp3) is 0.571. The number of cyclic esters (lactones) is 1. The van der Waals surface area contributed by atoms with Gasteiger partial charge in [-0.25, -0.2) is 5.43 Å². The zero-order valence-corrected chi connectivity index (χ0v) is 28.0.